The highest BCUT2D eigenvalue weighted by molar-refractivity contribution is 5.78. The number of phenols is 1. The molecule has 1 saturated carbocycles. The van der Waals surface area contributed by atoms with Crippen LogP contribution in [0.2, 0.25) is 0 Å². The van der Waals surface area contributed by atoms with Crippen LogP contribution in [0.1, 0.15) is 50.5 Å². The zero-order valence-corrected chi connectivity index (χ0v) is 15.5. The molecule has 3 rings (SSSR count). The lowest BCUT2D eigenvalue weighted by Gasteiger charge is -2.35. The molecule has 0 spiro atoms. The molecule has 5 heteroatoms. The number of carbonyl (C=O) groups is 2. The number of piperazine rings is 1. The molecular formula is C21H30N2O3. The number of hydrogen-bond donors (Lipinski definition) is 1. The first kappa shape index (κ1) is 18.7. The first-order chi connectivity index (χ1) is 12.6. The van der Waals surface area contributed by atoms with Crippen LogP contribution in [0, 0.1) is 5.92 Å². The quantitative estimate of drug-likeness (QED) is 0.850. The maximum absolute atomic E-state index is 12.4. The third-order valence-corrected chi connectivity index (χ3v) is 5.83. The SMILES string of the molecule is O=C(CCc1ccccc1O)N1CCN(C(=O)CCC2CCCC2)CC1. The Kier molecular flexibility index (Phi) is 6.53. The molecule has 0 aromatic heterocycles. The number of hydrogen-bond acceptors (Lipinski definition) is 3. The smallest absolute Gasteiger partial charge is 0.223 e. The molecule has 0 unspecified atom stereocenters. The van der Waals surface area contributed by atoms with E-state index >= 15 is 0 Å². The van der Waals surface area contributed by atoms with Crippen molar-refractivity contribution in [3.63, 3.8) is 0 Å². The second kappa shape index (κ2) is 9.06. The van der Waals surface area contributed by atoms with E-state index in [0.717, 1.165) is 17.9 Å². The highest BCUT2D eigenvalue weighted by Gasteiger charge is 2.25. The van der Waals surface area contributed by atoms with Gasteiger partial charge in [-0.3, -0.25) is 9.59 Å². The summed E-state index contributed by atoms with van der Waals surface area (Å²) in [6.07, 6.45) is 7.84. The number of carbonyl (C=O) groups excluding carboxylic acids is 2. The number of amides is 2. The van der Waals surface area contributed by atoms with Gasteiger partial charge in [0, 0.05) is 39.0 Å². The van der Waals surface area contributed by atoms with Gasteiger partial charge in [-0.25, -0.2) is 0 Å². The fourth-order valence-corrected chi connectivity index (χ4v) is 4.11. The van der Waals surface area contributed by atoms with E-state index in [9.17, 15) is 14.7 Å². The summed E-state index contributed by atoms with van der Waals surface area (Å²) in [5.74, 6) is 1.35. The molecule has 26 heavy (non-hydrogen) atoms. The van der Waals surface area contributed by atoms with Gasteiger partial charge in [0.15, 0.2) is 0 Å². The summed E-state index contributed by atoms with van der Waals surface area (Å²) >= 11 is 0. The van der Waals surface area contributed by atoms with E-state index in [2.05, 4.69) is 0 Å². The number of nitrogens with zero attached hydrogens (tertiary/aromatic N) is 2. The highest BCUT2D eigenvalue weighted by Crippen LogP contribution is 2.28. The van der Waals surface area contributed by atoms with Gasteiger partial charge in [-0.1, -0.05) is 43.9 Å². The van der Waals surface area contributed by atoms with Crippen LogP contribution >= 0.6 is 0 Å². The predicted octanol–water partition coefficient (Wildman–Crippen LogP) is 2.97. The molecule has 2 aliphatic rings. The second-order valence-electron chi connectivity index (χ2n) is 7.58. The van der Waals surface area contributed by atoms with Gasteiger partial charge in [0.05, 0.1) is 0 Å². The van der Waals surface area contributed by atoms with Crippen molar-refractivity contribution in [3.05, 3.63) is 29.8 Å². The van der Waals surface area contributed by atoms with Gasteiger partial charge in [0.25, 0.3) is 0 Å². The molecule has 2 fully saturated rings. The summed E-state index contributed by atoms with van der Waals surface area (Å²) < 4.78 is 0. The van der Waals surface area contributed by atoms with Gasteiger partial charge in [-0.15, -0.1) is 0 Å². The zero-order chi connectivity index (χ0) is 18.4. The third kappa shape index (κ3) is 4.99. The zero-order valence-electron chi connectivity index (χ0n) is 15.5. The first-order valence-electron chi connectivity index (χ1n) is 9.96. The van der Waals surface area contributed by atoms with Crippen LogP contribution in [0.25, 0.3) is 0 Å². The molecule has 1 N–H and O–H groups in total. The van der Waals surface area contributed by atoms with Crippen LogP contribution in [0.5, 0.6) is 5.75 Å². The molecule has 1 aromatic carbocycles. The monoisotopic (exact) mass is 358 g/mol. The molecule has 142 valence electrons. The Balaban J connectivity index is 1.37. The molecule has 1 aromatic rings. The molecule has 0 radical (unpaired) electrons. The molecule has 5 nitrogen and oxygen atoms in total. The minimum absolute atomic E-state index is 0.103. The van der Waals surface area contributed by atoms with Crippen molar-refractivity contribution in [2.24, 2.45) is 5.92 Å². The topological polar surface area (TPSA) is 60.9 Å². The Morgan fingerprint density at radius 1 is 0.923 bits per heavy atom. The fraction of sp³-hybridized carbons (Fsp3) is 0.619. The van der Waals surface area contributed by atoms with Crippen LogP contribution in [0.3, 0.4) is 0 Å². The Labute approximate surface area is 156 Å². The number of benzene rings is 1. The lowest BCUT2D eigenvalue weighted by Crippen LogP contribution is -2.50. The standard InChI is InChI=1S/C21H30N2O3/c24-19-8-4-3-7-18(19)10-12-21(26)23-15-13-22(14-16-23)20(25)11-9-17-5-1-2-6-17/h3-4,7-8,17,24H,1-2,5-6,9-16H2. The van der Waals surface area contributed by atoms with Crippen molar-refractivity contribution in [1.29, 1.82) is 0 Å². The average molecular weight is 358 g/mol. The maximum Gasteiger partial charge on any atom is 0.223 e. The summed E-state index contributed by atoms with van der Waals surface area (Å²) in [5.41, 5.74) is 0.807. The Hall–Kier alpha value is -2.04. The number of aromatic hydroxyl groups is 1. The summed E-state index contributed by atoms with van der Waals surface area (Å²) in [4.78, 5) is 28.5. The van der Waals surface area contributed by atoms with Crippen LogP contribution < -0.4 is 0 Å². The molecular weight excluding hydrogens is 328 g/mol. The van der Waals surface area contributed by atoms with Crippen LogP contribution in [0.15, 0.2) is 24.3 Å². The summed E-state index contributed by atoms with van der Waals surface area (Å²) in [5, 5.41) is 9.79. The van der Waals surface area contributed by atoms with Gasteiger partial charge in [-0.2, -0.15) is 0 Å². The van der Waals surface area contributed by atoms with Crippen LogP contribution in [-0.4, -0.2) is 52.9 Å². The van der Waals surface area contributed by atoms with Gasteiger partial charge in [0.1, 0.15) is 5.75 Å². The number of rotatable bonds is 6. The fourth-order valence-electron chi connectivity index (χ4n) is 4.11. The van der Waals surface area contributed by atoms with Gasteiger partial charge in [-0.05, 0) is 30.4 Å². The normalized spacial score (nSPS) is 18.3. The van der Waals surface area contributed by atoms with Crippen molar-refractivity contribution in [2.75, 3.05) is 26.2 Å². The Morgan fingerprint density at radius 2 is 1.50 bits per heavy atom. The molecule has 0 atom stereocenters. The average Bonchev–Trinajstić information content (AvgIpc) is 3.19. The predicted molar refractivity (Wildman–Crippen MR) is 101 cm³/mol. The van der Waals surface area contributed by atoms with Crippen molar-refractivity contribution in [1.82, 2.24) is 9.80 Å². The molecule has 2 amide bonds. The van der Waals surface area contributed by atoms with E-state index in [0.29, 0.717) is 45.4 Å². The van der Waals surface area contributed by atoms with E-state index in [1.165, 1.54) is 25.7 Å². The number of aryl methyl sites for hydroxylation is 1. The van der Waals surface area contributed by atoms with Crippen LogP contribution in [0.4, 0.5) is 0 Å². The van der Waals surface area contributed by atoms with E-state index in [4.69, 9.17) is 0 Å². The van der Waals surface area contributed by atoms with E-state index in [1.54, 1.807) is 12.1 Å². The van der Waals surface area contributed by atoms with Crippen molar-refractivity contribution < 1.29 is 14.7 Å². The lowest BCUT2D eigenvalue weighted by molar-refractivity contribution is -0.139. The summed E-state index contributed by atoms with van der Waals surface area (Å²) in [6, 6.07) is 7.15. The van der Waals surface area contributed by atoms with E-state index in [-0.39, 0.29) is 17.6 Å². The summed E-state index contributed by atoms with van der Waals surface area (Å²) in [6.45, 7) is 2.53. The second-order valence-corrected chi connectivity index (χ2v) is 7.58. The third-order valence-electron chi connectivity index (χ3n) is 5.83. The number of para-hydroxylation sites is 1. The Bertz CT molecular complexity index is 617. The number of phenolic OH excluding ortho intramolecular Hbond substituents is 1. The van der Waals surface area contributed by atoms with Gasteiger partial charge in [0.2, 0.25) is 11.8 Å². The minimum atomic E-state index is 0.103. The molecule has 1 aliphatic heterocycles. The van der Waals surface area contributed by atoms with Crippen LogP contribution in [-0.2, 0) is 16.0 Å². The van der Waals surface area contributed by atoms with E-state index in [1.807, 2.05) is 21.9 Å². The van der Waals surface area contributed by atoms with Gasteiger partial charge >= 0.3 is 0 Å². The van der Waals surface area contributed by atoms with Crippen molar-refractivity contribution in [3.8, 4) is 5.75 Å². The van der Waals surface area contributed by atoms with Gasteiger partial charge < -0.3 is 14.9 Å². The molecule has 1 aliphatic carbocycles. The first-order valence-corrected chi connectivity index (χ1v) is 9.96. The maximum atomic E-state index is 12.4. The minimum Gasteiger partial charge on any atom is -0.508 e. The molecule has 1 saturated heterocycles. The Morgan fingerprint density at radius 3 is 2.12 bits per heavy atom. The summed E-state index contributed by atoms with van der Waals surface area (Å²) in [7, 11) is 0. The van der Waals surface area contributed by atoms with E-state index < -0.39 is 0 Å². The van der Waals surface area contributed by atoms with Crippen molar-refractivity contribution >= 4 is 11.8 Å². The molecule has 1 heterocycles. The molecule has 0 bridgehead atoms. The highest BCUT2D eigenvalue weighted by atomic mass is 16.3. The lowest BCUT2D eigenvalue weighted by atomic mass is 10.0. The largest absolute Gasteiger partial charge is 0.508 e. The van der Waals surface area contributed by atoms with Crippen molar-refractivity contribution in [2.45, 2.75) is 51.4 Å².